The van der Waals surface area contributed by atoms with Crippen LogP contribution in [-0.4, -0.2) is 66.3 Å². The minimum absolute atomic E-state index is 0.0519. The zero-order valence-electron chi connectivity index (χ0n) is 18.6. The fourth-order valence-corrected chi connectivity index (χ4v) is 4.14. The first-order valence-corrected chi connectivity index (χ1v) is 11.2. The van der Waals surface area contributed by atoms with Gasteiger partial charge in [0.2, 0.25) is 0 Å². The first kappa shape index (κ1) is 22.7. The van der Waals surface area contributed by atoms with E-state index in [1.54, 1.807) is 0 Å². The highest BCUT2D eigenvalue weighted by Gasteiger charge is 2.22. The molecule has 0 saturated carbocycles. The highest BCUT2D eigenvalue weighted by Crippen LogP contribution is 2.21. The molecule has 1 aromatic heterocycles. The summed E-state index contributed by atoms with van der Waals surface area (Å²) in [6.07, 6.45) is 3.29. The lowest BCUT2D eigenvalue weighted by Gasteiger charge is -2.28. The van der Waals surface area contributed by atoms with Crippen LogP contribution in [0.15, 0.2) is 23.0 Å². The van der Waals surface area contributed by atoms with E-state index in [1.165, 1.54) is 0 Å². The number of aromatic nitrogens is 1. The van der Waals surface area contributed by atoms with Crippen LogP contribution in [0, 0.1) is 13.8 Å². The first-order valence-electron chi connectivity index (χ1n) is 10.8. The van der Waals surface area contributed by atoms with E-state index in [9.17, 15) is 4.79 Å². The molecule has 2 N–H and O–H groups in total. The second-order valence-corrected chi connectivity index (χ2v) is 8.90. The number of thiocarbonyl (C=S) groups is 1. The number of pyridine rings is 1. The molecule has 3 rings (SSSR count). The Morgan fingerprint density at radius 2 is 2.07 bits per heavy atom. The Hall–Kier alpha value is -1.96. The molecule has 1 fully saturated rings. The molecule has 0 unspecified atom stereocenters. The molecule has 2 heterocycles. The average Bonchev–Trinajstić information content (AvgIpc) is 3.21. The first-order chi connectivity index (χ1) is 14.3. The Morgan fingerprint density at radius 1 is 1.30 bits per heavy atom. The zero-order valence-corrected chi connectivity index (χ0v) is 19.4. The molecule has 1 aliphatic rings. The number of benzene rings is 1. The van der Waals surface area contributed by atoms with Crippen LogP contribution in [0.1, 0.15) is 36.0 Å². The Kier molecular flexibility index (Phi) is 7.86. The number of nitrogens with one attached hydrogen (secondary N) is 2. The Balaban J connectivity index is 1.79. The number of rotatable bonds is 8. The second-order valence-electron chi connectivity index (χ2n) is 8.52. The van der Waals surface area contributed by atoms with Crippen molar-refractivity contribution in [3.05, 3.63) is 45.2 Å². The minimum Gasteiger partial charge on any atom is -0.376 e. The highest BCUT2D eigenvalue weighted by molar-refractivity contribution is 7.80. The number of hydrogen-bond acceptors (Lipinski definition) is 4. The normalized spacial score (nSPS) is 16.4. The molecule has 1 atom stereocenters. The Morgan fingerprint density at radius 3 is 2.77 bits per heavy atom. The molecule has 1 aliphatic heterocycles. The molecule has 0 spiro atoms. The van der Waals surface area contributed by atoms with Gasteiger partial charge in [0.25, 0.3) is 5.56 Å². The van der Waals surface area contributed by atoms with Gasteiger partial charge in [-0.3, -0.25) is 4.79 Å². The van der Waals surface area contributed by atoms with Gasteiger partial charge in [0.1, 0.15) is 0 Å². The molecular formula is C23H34N4O2S. The number of hydrogen-bond donors (Lipinski definition) is 2. The van der Waals surface area contributed by atoms with E-state index in [1.807, 2.05) is 19.1 Å². The topological polar surface area (TPSA) is 60.6 Å². The molecule has 164 valence electrons. The van der Waals surface area contributed by atoms with Crippen molar-refractivity contribution in [2.24, 2.45) is 0 Å². The maximum Gasteiger partial charge on any atom is 0.253 e. The van der Waals surface area contributed by atoms with Gasteiger partial charge in [-0.05, 0) is 83.2 Å². The quantitative estimate of drug-likeness (QED) is 0.496. The Labute approximate surface area is 184 Å². The van der Waals surface area contributed by atoms with Gasteiger partial charge in [0.15, 0.2) is 5.11 Å². The van der Waals surface area contributed by atoms with Gasteiger partial charge in [-0.1, -0.05) is 12.1 Å². The molecule has 0 bridgehead atoms. The number of fused-ring (bicyclic) bond motifs is 1. The van der Waals surface area contributed by atoms with Crippen molar-refractivity contribution in [3.8, 4) is 0 Å². The summed E-state index contributed by atoms with van der Waals surface area (Å²) in [4.78, 5) is 20.2. The molecule has 1 aromatic carbocycles. The van der Waals surface area contributed by atoms with E-state index < -0.39 is 0 Å². The number of aryl methyl sites for hydroxylation is 2. The summed E-state index contributed by atoms with van der Waals surface area (Å²) in [5.74, 6) is 0. The number of ether oxygens (including phenoxy) is 1. The third kappa shape index (κ3) is 5.80. The minimum atomic E-state index is -0.0519. The summed E-state index contributed by atoms with van der Waals surface area (Å²) in [6, 6.07) is 6.16. The fourth-order valence-electron chi connectivity index (χ4n) is 3.90. The van der Waals surface area contributed by atoms with Gasteiger partial charge in [0.05, 0.1) is 18.2 Å². The van der Waals surface area contributed by atoms with E-state index >= 15 is 0 Å². The molecule has 2 aromatic rings. The fraction of sp³-hybridized carbons (Fsp3) is 0.565. The second kappa shape index (κ2) is 10.4. The molecule has 7 heteroatoms. The predicted octanol–water partition coefficient (Wildman–Crippen LogP) is 2.95. The molecule has 0 amide bonds. The van der Waals surface area contributed by atoms with Gasteiger partial charge < -0.3 is 24.8 Å². The molecule has 1 saturated heterocycles. The predicted molar refractivity (Wildman–Crippen MR) is 127 cm³/mol. The zero-order chi connectivity index (χ0) is 21.7. The van der Waals surface area contributed by atoms with E-state index in [-0.39, 0.29) is 11.7 Å². The summed E-state index contributed by atoms with van der Waals surface area (Å²) in [5, 5.41) is 5.15. The monoisotopic (exact) mass is 430 g/mol. The van der Waals surface area contributed by atoms with E-state index in [0.29, 0.717) is 18.2 Å². The third-order valence-corrected chi connectivity index (χ3v) is 6.08. The number of aromatic amines is 1. The summed E-state index contributed by atoms with van der Waals surface area (Å²) in [5.41, 5.74) is 3.83. The lowest BCUT2D eigenvalue weighted by atomic mass is 10.0. The van der Waals surface area contributed by atoms with Crippen LogP contribution >= 0.6 is 12.2 Å². The lowest BCUT2D eigenvalue weighted by molar-refractivity contribution is 0.0897. The highest BCUT2D eigenvalue weighted by atomic mass is 32.1. The SMILES string of the molecule is Cc1ccc(C)c2[nH]c(=O)c(CN(C[C@@H]3CCCO3)C(=S)NCCCN(C)C)cc12. The average molecular weight is 431 g/mol. The van der Waals surface area contributed by atoms with Gasteiger partial charge >= 0.3 is 0 Å². The van der Waals surface area contributed by atoms with Crippen molar-refractivity contribution in [2.75, 3.05) is 40.3 Å². The summed E-state index contributed by atoms with van der Waals surface area (Å²) >= 11 is 5.71. The number of H-pyrrole nitrogens is 1. The lowest BCUT2D eigenvalue weighted by Crippen LogP contribution is -2.44. The standard InChI is InChI=1S/C23H34N4O2S/c1-16-8-9-17(2)21-20(16)13-18(22(28)25-21)14-27(15-19-7-5-12-29-19)23(30)24-10-6-11-26(3)4/h8-9,13,19H,5-7,10-12,14-15H2,1-4H3,(H,24,30)(H,25,28)/t19-/m0/s1. The third-order valence-electron chi connectivity index (χ3n) is 5.68. The van der Waals surface area contributed by atoms with Crippen molar-refractivity contribution in [1.29, 1.82) is 0 Å². The van der Waals surface area contributed by atoms with Crippen molar-refractivity contribution in [2.45, 2.75) is 45.8 Å². The largest absolute Gasteiger partial charge is 0.376 e. The summed E-state index contributed by atoms with van der Waals surface area (Å²) < 4.78 is 5.84. The molecular weight excluding hydrogens is 396 g/mol. The van der Waals surface area contributed by atoms with Crippen molar-refractivity contribution in [3.63, 3.8) is 0 Å². The van der Waals surface area contributed by atoms with Crippen molar-refractivity contribution >= 4 is 28.2 Å². The van der Waals surface area contributed by atoms with Crippen LogP contribution in [-0.2, 0) is 11.3 Å². The van der Waals surface area contributed by atoms with Gasteiger partial charge in [-0.25, -0.2) is 0 Å². The van der Waals surface area contributed by atoms with E-state index in [0.717, 1.165) is 66.6 Å². The van der Waals surface area contributed by atoms with Crippen molar-refractivity contribution < 1.29 is 4.74 Å². The molecule has 6 nitrogen and oxygen atoms in total. The molecule has 0 aliphatic carbocycles. The van der Waals surface area contributed by atoms with E-state index in [2.05, 4.69) is 47.2 Å². The van der Waals surface area contributed by atoms with E-state index in [4.69, 9.17) is 17.0 Å². The maximum absolute atomic E-state index is 12.8. The van der Waals surface area contributed by atoms with Crippen molar-refractivity contribution in [1.82, 2.24) is 20.1 Å². The van der Waals surface area contributed by atoms with Gasteiger partial charge in [0, 0.05) is 30.6 Å². The summed E-state index contributed by atoms with van der Waals surface area (Å²) in [7, 11) is 4.13. The van der Waals surface area contributed by atoms with Crippen LogP contribution < -0.4 is 10.9 Å². The smallest absolute Gasteiger partial charge is 0.253 e. The van der Waals surface area contributed by atoms with Crippen LogP contribution in [0.5, 0.6) is 0 Å². The van der Waals surface area contributed by atoms with Crippen LogP contribution in [0.3, 0.4) is 0 Å². The van der Waals surface area contributed by atoms with Gasteiger partial charge in [-0.2, -0.15) is 0 Å². The molecule has 0 radical (unpaired) electrons. The maximum atomic E-state index is 12.8. The molecule has 30 heavy (non-hydrogen) atoms. The van der Waals surface area contributed by atoms with Crippen LogP contribution in [0.4, 0.5) is 0 Å². The van der Waals surface area contributed by atoms with Crippen LogP contribution in [0.2, 0.25) is 0 Å². The number of nitrogens with zero attached hydrogens (tertiary/aromatic N) is 2. The summed E-state index contributed by atoms with van der Waals surface area (Å²) in [6.45, 7) is 7.88. The van der Waals surface area contributed by atoms with Gasteiger partial charge in [-0.15, -0.1) is 0 Å². The Bertz CT molecular complexity index is 935. The van der Waals surface area contributed by atoms with Crippen LogP contribution in [0.25, 0.3) is 10.9 Å².